The first-order chi connectivity index (χ1) is 9.84. The van der Waals surface area contributed by atoms with Crippen molar-refractivity contribution in [3.8, 4) is 11.4 Å². The fourth-order valence-electron chi connectivity index (χ4n) is 3.19. The van der Waals surface area contributed by atoms with Gasteiger partial charge >= 0.3 is 5.71 Å². The van der Waals surface area contributed by atoms with Crippen LogP contribution in [0.1, 0.15) is 5.69 Å². The Bertz CT molecular complexity index is 996. The van der Waals surface area contributed by atoms with Crippen LogP contribution in [0.3, 0.4) is 0 Å². The van der Waals surface area contributed by atoms with E-state index in [1.807, 2.05) is 24.4 Å². The molecule has 0 N–H and O–H groups in total. The van der Waals surface area contributed by atoms with E-state index in [-0.39, 0.29) is 0 Å². The van der Waals surface area contributed by atoms with Crippen LogP contribution in [-0.2, 0) is 13.6 Å². The van der Waals surface area contributed by atoms with Gasteiger partial charge in [0.1, 0.15) is 6.54 Å². The van der Waals surface area contributed by atoms with E-state index < -0.39 is 0 Å². The topological polar surface area (TPSA) is 47.7 Å². The van der Waals surface area contributed by atoms with E-state index >= 15 is 0 Å². The maximum atomic E-state index is 5.95. The van der Waals surface area contributed by atoms with Crippen LogP contribution in [0.5, 0.6) is 0 Å². The highest BCUT2D eigenvalue weighted by Gasteiger charge is 2.36. The van der Waals surface area contributed by atoms with E-state index in [0.717, 1.165) is 34.7 Å². The molecule has 0 aromatic carbocycles. The van der Waals surface area contributed by atoms with Gasteiger partial charge < -0.3 is 4.42 Å². The summed E-state index contributed by atoms with van der Waals surface area (Å²) in [6, 6.07) is 8.08. The number of hydrogen-bond donors (Lipinski definition) is 0. The fourth-order valence-corrected chi connectivity index (χ4v) is 3.19. The second kappa shape index (κ2) is 3.25. The second-order valence-electron chi connectivity index (χ2n) is 5.08. The van der Waals surface area contributed by atoms with Gasteiger partial charge in [-0.15, -0.1) is 0 Å². The lowest BCUT2D eigenvalue weighted by molar-refractivity contribution is -0.652. The number of rotatable bonds is 0. The normalized spacial score (nSPS) is 13.1. The molecule has 0 aliphatic carbocycles. The summed E-state index contributed by atoms with van der Waals surface area (Å²) < 4.78 is 10.3. The first-order valence-electron chi connectivity index (χ1n) is 6.54. The average molecular weight is 263 g/mol. The van der Waals surface area contributed by atoms with Gasteiger partial charge in [-0.05, 0) is 24.3 Å². The minimum absolute atomic E-state index is 0.687. The molecule has 0 radical (unpaired) electrons. The number of nitrogens with zero attached hydrogens (tertiary/aromatic N) is 4. The summed E-state index contributed by atoms with van der Waals surface area (Å²) in [6.45, 7) is 0.753. The Labute approximate surface area is 114 Å². The zero-order valence-electron chi connectivity index (χ0n) is 10.9. The Morgan fingerprint density at radius 2 is 2.05 bits per heavy atom. The van der Waals surface area contributed by atoms with E-state index in [1.165, 1.54) is 5.56 Å². The number of hydrogen-bond acceptors (Lipinski definition) is 3. The molecule has 96 valence electrons. The largest absolute Gasteiger partial charge is 0.400 e. The third-order valence-electron chi connectivity index (χ3n) is 4.02. The van der Waals surface area contributed by atoms with Crippen molar-refractivity contribution in [3.05, 3.63) is 42.4 Å². The van der Waals surface area contributed by atoms with Crippen LogP contribution in [-0.4, -0.2) is 14.5 Å². The Hall–Kier alpha value is -2.69. The van der Waals surface area contributed by atoms with Crippen LogP contribution in [0.25, 0.3) is 33.7 Å². The molecule has 1 aliphatic rings. The number of aromatic nitrogens is 4. The van der Waals surface area contributed by atoms with Crippen molar-refractivity contribution in [2.75, 3.05) is 0 Å². The molecule has 4 aromatic heterocycles. The minimum atomic E-state index is 0.687. The van der Waals surface area contributed by atoms with E-state index in [2.05, 4.69) is 32.2 Å². The van der Waals surface area contributed by atoms with Gasteiger partial charge in [0.05, 0.1) is 23.7 Å². The van der Waals surface area contributed by atoms with Gasteiger partial charge in [0.15, 0.2) is 0 Å². The van der Waals surface area contributed by atoms with Crippen molar-refractivity contribution >= 4 is 22.3 Å². The first kappa shape index (κ1) is 10.1. The maximum Gasteiger partial charge on any atom is 0.341 e. The maximum absolute atomic E-state index is 5.95. The molecular weight excluding hydrogens is 252 g/mol. The van der Waals surface area contributed by atoms with E-state index in [9.17, 15) is 0 Å². The minimum Gasteiger partial charge on any atom is -0.400 e. The molecule has 4 aromatic rings. The average Bonchev–Trinajstić information content (AvgIpc) is 3.10. The standard InChI is InChI=1S/C15H11N4O/c1-18-12-10-5-3-7-17-13(10)20-15(12)19-8-11-9(14(18)19)4-2-6-16-11/h2-7H,8H2,1H3/q+1. The smallest absolute Gasteiger partial charge is 0.341 e. The van der Waals surface area contributed by atoms with E-state index in [1.54, 1.807) is 6.20 Å². The Balaban J connectivity index is 1.98. The molecule has 5 rings (SSSR count). The molecule has 5 heteroatoms. The van der Waals surface area contributed by atoms with Gasteiger partial charge in [0.25, 0.3) is 5.82 Å². The molecule has 20 heavy (non-hydrogen) atoms. The summed E-state index contributed by atoms with van der Waals surface area (Å²) in [7, 11) is 2.07. The summed E-state index contributed by atoms with van der Waals surface area (Å²) >= 11 is 0. The van der Waals surface area contributed by atoms with Gasteiger partial charge in [0.2, 0.25) is 11.2 Å². The van der Waals surface area contributed by atoms with Crippen molar-refractivity contribution in [3.63, 3.8) is 0 Å². The van der Waals surface area contributed by atoms with Crippen LogP contribution in [0, 0.1) is 0 Å². The Morgan fingerprint density at radius 1 is 1.20 bits per heavy atom. The lowest BCUT2D eigenvalue weighted by atomic mass is 10.2. The quantitative estimate of drug-likeness (QED) is 0.402. The molecule has 0 spiro atoms. The molecule has 1 aliphatic heterocycles. The second-order valence-corrected chi connectivity index (χ2v) is 5.08. The van der Waals surface area contributed by atoms with Crippen LogP contribution >= 0.6 is 0 Å². The third-order valence-corrected chi connectivity index (χ3v) is 4.02. The zero-order valence-corrected chi connectivity index (χ0v) is 10.9. The summed E-state index contributed by atoms with van der Waals surface area (Å²) in [5, 5.41) is 1.05. The highest BCUT2D eigenvalue weighted by Crippen LogP contribution is 2.33. The van der Waals surface area contributed by atoms with E-state index in [4.69, 9.17) is 4.42 Å². The molecule has 0 saturated carbocycles. The monoisotopic (exact) mass is 263 g/mol. The number of imidazole rings is 1. The van der Waals surface area contributed by atoms with Crippen molar-refractivity contribution in [1.29, 1.82) is 0 Å². The van der Waals surface area contributed by atoms with Crippen LogP contribution < -0.4 is 4.57 Å². The molecule has 0 amide bonds. The third kappa shape index (κ3) is 1.02. The van der Waals surface area contributed by atoms with Gasteiger partial charge in [-0.3, -0.25) is 4.98 Å². The Kier molecular flexibility index (Phi) is 1.65. The summed E-state index contributed by atoms with van der Waals surface area (Å²) in [4.78, 5) is 8.75. The van der Waals surface area contributed by atoms with Crippen molar-refractivity contribution in [2.45, 2.75) is 6.54 Å². The lowest BCUT2D eigenvalue weighted by Gasteiger charge is -1.94. The van der Waals surface area contributed by atoms with Crippen LogP contribution in [0.15, 0.2) is 41.1 Å². The van der Waals surface area contributed by atoms with Crippen molar-refractivity contribution in [2.24, 2.45) is 7.05 Å². The molecule has 5 heterocycles. The highest BCUT2D eigenvalue weighted by atomic mass is 16.4. The first-order valence-corrected chi connectivity index (χ1v) is 6.54. The summed E-state index contributed by atoms with van der Waals surface area (Å²) in [6.07, 6.45) is 3.59. The number of fused-ring (bicyclic) bond motifs is 7. The van der Waals surface area contributed by atoms with Crippen LogP contribution in [0.4, 0.5) is 0 Å². The van der Waals surface area contributed by atoms with Crippen molar-refractivity contribution < 1.29 is 8.98 Å². The Morgan fingerprint density at radius 3 is 3.00 bits per heavy atom. The van der Waals surface area contributed by atoms with Crippen LogP contribution in [0.2, 0.25) is 0 Å². The van der Waals surface area contributed by atoms with Crippen molar-refractivity contribution in [1.82, 2.24) is 14.5 Å². The van der Waals surface area contributed by atoms with Gasteiger partial charge in [0, 0.05) is 12.4 Å². The lowest BCUT2D eigenvalue weighted by Crippen LogP contribution is -2.31. The van der Waals surface area contributed by atoms with Gasteiger partial charge in [-0.2, -0.15) is 4.57 Å². The predicted molar refractivity (Wildman–Crippen MR) is 73.0 cm³/mol. The van der Waals surface area contributed by atoms with Gasteiger partial charge in [-0.25, -0.2) is 9.55 Å². The number of aryl methyl sites for hydroxylation is 1. The molecule has 0 unspecified atom stereocenters. The molecular formula is C15H11N4O+. The molecule has 0 fully saturated rings. The molecule has 5 nitrogen and oxygen atoms in total. The predicted octanol–water partition coefficient (Wildman–Crippen LogP) is 2.03. The summed E-state index contributed by atoms with van der Waals surface area (Å²) in [5.41, 5.74) is 4.92. The molecule has 0 saturated heterocycles. The SMILES string of the molecule is Cn1c2[n+](c3oc4ncccc4c31)Cc1ncccc1-2. The summed E-state index contributed by atoms with van der Waals surface area (Å²) in [5.74, 6) is 1.15. The van der Waals surface area contributed by atoms with E-state index in [0.29, 0.717) is 5.71 Å². The zero-order chi connectivity index (χ0) is 13.3. The number of pyridine rings is 2. The highest BCUT2D eigenvalue weighted by molar-refractivity contribution is 5.99. The molecule has 0 bridgehead atoms. The van der Waals surface area contributed by atoms with Gasteiger partial charge in [-0.1, -0.05) is 0 Å². The number of furan rings is 1. The molecule has 0 atom stereocenters. The fraction of sp³-hybridized carbons (Fsp3) is 0.133.